The van der Waals surface area contributed by atoms with Crippen molar-refractivity contribution in [2.75, 3.05) is 0 Å². The van der Waals surface area contributed by atoms with E-state index < -0.39 is 0 Å². The van der Waals surface area contributed by atoms with Crippen LogP contribution in [0.5, 0.6) is 11.5 Å². The van der Waals surface area contributed by atoms with Gasteiger partial charge in [0.25, 0.3) is 0 Å². The van der Waals surface area contributed by atoms with Gasteiger partial charge in [0.1, 0.15) is 6.61 Å². The van der Waals surface area contributed by atoms with Crippen molar-refractivity contribution < 1.29 is 9.47 Å². The van der Waals surface area contributed by atoms with Crippen LogP contribution in [0.15, 0.2) is 54.6 Å². The second-order valence-electron chi connectivity index (χ2n) is 7.62. The number of pyridine rings is 1. The summed E-state index contributed by atoms with van der Waals surface area (Å²) in [7, 11) is 0. The van der Waals surface area contributed by atoms with Gasteiger partial charge in [-0.05, 0) is 54.8 Å². The largest absolute Gasteiger partial charge is 0.485 e. The first-order chi connectivity index (χ1) is 15.0. The number of nitrogens with one attached hydrogen (secondary N) is 1. The topological polar surface area (TPSA) is 85.8 Å². The van der Waals surface area contributed by atoms with E-state index in [0.717, 1.165) is 33.6 Å². The first-order valence-corrected chi connectivity index (χ1v) is 10.2. The van der Waals surface area contributed by atoms with Crippen molar-refractivity contribution >= 4 is 0 Å². The summed E-state index contributed by atoms with van der Waals surface area (Å²) in [5.74, 6) is 2.06. The third-order valence-corrected chi connectivity index (χ3v) is 4.78. The number of benzene rings is 2. The fourth-order valence-electron chi connectivity index (χ4n) is 3.42. The van der Waals surface area contributed by atoms with Gasteiger partial charge in [0, 0.05) is 17.3 Å². The van der Waals surface area contributed by atoms with E-state index in [4.69, 9.17) is 9.47 Å². The average Bonchev–Trinajstić information content (AvgIpc) is 3.29. The molecule has 0 radical (unpaired) electrons. The molecule has 0 bridgehead atoms. The second kappa shape index (κ2) is 8.95. The monoisotopic (exact) mass is 415 g/mol. The van der Waals surface area contributed by atoms with Crippen molar-refractivity contribution in [3.63, 3.8) is 0 Å². The molecule has 0 aliphatic carbocycles. The molecule has 7 nitrogen and oxygen atoms in total. The molecular weight excluding hydrogens is 390 g/mol. The summed E-state index contributed by atoms with van der Waals surface area (Å²) in [6, 6.07) is 18.2. The van der Waals surface area contributed by atoms with Crippen LogP contribution in [0.4, 0.5) is 0 Å². The van der Waals surface area contributed by atoms with E-state index in [9.17, 15) is 0 Å². The molecule has 0 amide bonds. The van der Waals surface area contributed by atoms with Crippen molar-refractivity contribution in [2.24, 2.45) is 0 Å². The van der Waals surface area contributed by atoms with Gasteiger partial charge in [-0.1, -0.05) is 48.5 Å². The van der Waals surface area contributed by atoms with Gasteiger partial charge in [0.05, 0.1) is 11.8 Å². The Hall–Kier alpha value is -3.74. The Morgan fingerprint density at radius 3 is 2.39 bits per heavy atom. The Morgan fingerprint density at radius 1 is 0.968 bits per heavy atom. The Bertz CT molecular complexity index is 1160. The van der Waals surface area contributed by atoms with Crippen LogP contribution in [0.25, 0.3) is 22.5 Å². The molecular formula is C24H25N5O2. The minimum Gasteiger partial charge on any atom is -0.485 e. The molecule has 4 rings (SSSR count). The quantitative estimate of drug-likeness (QED) is 0.461. The average molecular weight is 415 g/mol. The van der Waals surface area contributed by atoms with E-state index in [0.29, 0.717) is 23.9 Å². The molecule has 0 fully saturated rings. The zero-order chi connectivity index (χ0) is 21.8. The van der Waals surface area contributed by atoms with Gasteiger partial charge in [-0.2, -0.15) is 0 Å². The molecule has 0 saturated carbocycles. The lowest BCUT2D eigenvalue weighted by molar-refractivity contribution is 0.215. The minimum absolute atomic E-state index is 0.0458. The molecule has 7 heteroatoms. The third-order valence-electron chi connectivity index (χ3n) is 4.78. The number of aromatic nitrogens is 5. The number of rotatable bonds is 7. The standard InChI is InChI=1S/C24H25N5O2/c1-15(2)31-23-17(4)25-16(3)13-22(23)30-14-18-9-11-19(12-10-18)20-7-5-6-8-21(20)24-26-28-29-27-24/h5-13,15H,14H2,1-4H3,(H,26,27,28,29). The predicted molar refractivity (Wildman–Crippen MR) is 119 cm³/mol. The molecule has 0 saturated heterocycles. The highest BCUT2D eigenvalue weighted by Gasteiger charge is 2.14. The number of H-pyrrole nitrogens is 1. The molecule has 0 atom stereocenters. The fraction of sp³-hybridized carbons (Fsp3) is 0.250. The Kier molecular flexibility index (Phi) is 5.93. The molecule has 4 aromatic rings. The third kappa shape index (κ3) is 4.71. The number of aromatic amines is 1. The highest BCUT2D eigenvalue weighted by atomic mass is 16.5. The summed E-state index contributed by atoms with van der Waals surface area (Å²) in [6.45, 7) is 8.32. The molecule has 0 spiro atoms. The number of nitrogens with zero attached hydrogens (tertiary/aromatic N) is 4. The Labute approximate surface area is 181 Å². The fourth-order valence-corrected chi connectivity index (χ4v) is 3.42. The predicted octanol–water partition coefficient (Wildman–Crippen LogP) is 4.91. The van der Waals surface area contributed by atoms with Crippen LogP contribution in [-0.4, -0.2) is 31.7 Å². The lowest BCUT2D eigenvalue weighted by atomic mass is 9.98. The summed E-state index contributed by atoms with van der Waals surface area (Å²) < 4.78 is 12.1. The summed E-state index contributed by atoms with van der Waals surface area (Å²) in [6.07, 6.45) is 0.0458. The van der Waals surface area contributed by atoms with Crippen molar-refractivity contribution in [1.82, 2.24) is 25.6 Å². The number of aryl methyl sites for hydroxylation is 2. The number of ether oxygens (including phenoxy) is 2. The Morgan fingerprint density at radius 2 is 1.71 bits per heavy atom. The molecule has 0 aliphatic heterocycles. The molecule has 0 aliphatic rings. The van der Waals surface area contributed by atoms with Gasteiger partial charge in [-0.25, -0.2) is 5.10 Å². The first-order valence-electron chi connectivity index (χ1n) is 10.2. The first kappa shape index (κ1) is 20.5. The normalized spacial score (nSPS) is 11.0. The van der Waals surface area contributed by atoms with Gasteiger partial charge in [0.2, 0.25) is 0 Å². The van der Waals surface area contributed by atoms with Crippen LogP contribution >= 0.6 is 0 Å². The SMILES string of the molecule is Cc1cc(OCc2ccc(-c3ccccc3-c3nnn[nH]3)cc2)c(OC(C)C)c(C)n1. The Balaban J connectivity index is 1.54. The lowest BCUT2D eigenvalue weighted by Gasteiger charge is -2.17. The van der Waals surface area contributed by atoms with Crippen molar-refractivity contribution in [1.29, 1.82) is 0 Å². The van der Waals surface area contributed by atoms with Gasteiger partial charge < -0.3 is 9.47 Å². The van der Waals surface area contributed by atoms with Gasteiger partial charge in [-0.3, -0.25) is 4.98 Å². The molecule has 2 aromatic carbocycles. The summed E-state index contributed by atoms with van der Waals surface area (Å²) in [4.78, 5) is 4.50. The highest BCUT2D eigenvalue weighted by molar-refractivity contribution is 5.80. The van der Waals surface area contributed by atoms with E-state index in [1.165, 1.54) is 0 Å². The van der Waals surface area contributed by atoms with Crippen molar-refractivity contribution in [2.45, 2.75) is 40.4 Å². The van der Waals surface area contributed by atoms with E-state index in [-0.39, 0.29) is 6.10 Å². The zero-order valence-corrected chi connectivity index (χ0v) is 18.1. The molecule has 158 valence electrons. The lowest BCUT2D eigenvalue weighted by Crippen LogP contribution is -2.10. The smallest absolute Gasteiger partial charge is 0.182 e. The highest BCUT2D eigenvalue weighted by Crippen LogP contribution is 2.33. The molecule has 2 aromatic heterocycles. The minimum atomic E-state index is 0.0458. The zero-order valence-electron chi connectivity index (χ0n) is 18.1. The van der Waals surface area contributed by atoms with Gasteiger partial charge in [0.15, 0.2) is 17.3 Å². The van der Waals surface area contributed by atoms with Crippen LogP contribution < -0.4 is 9.47 Å². The van der Waals surface area contributed by atoms with Crippen LogP contribution in [0.2, 0.25) is 0 Å². The molecule has 31 heavy (non-hydrogen) atoms. The summed E-state index contributed by atoms with van der Waals surface area (Å²) in [5, 5.41) is 14.2. The maximum absolute atomic E-state index is 6.12. The number of hydrogen-bond acceptors (Lipinski definition) is 6. The van der Waals surface area contributed by atoms with Crippen LogP contribution in [-0.2, 0) is 6.61 Å². The number of tetrazole rings is 1. The van der Waals surface area contributed by atoms with Crippen LogP contribution in [0, 0.1) is 13.8 Å². The molecule has 2 heterocycles. The number of hydrogen-bond donors (Lipinski definition) is 1. The van der Waals surface area contributed by atoms with E-state index in [1.54, 1.807) is 0 Å². The second-order valence-corrected chi connectivity index (χ2v) is 7.62. The molecule has 1 N–H and O–H groups in total. The van der Waals surface area contributed by atoms with E-state index in [2.05, 4.69) is 55.9 Å². The maximum Gasteiger partial charge on any atom is 0.182 e. The van der Waals surface area contributed by atoms with Crippen LogP contribution in [0.1, 0.15) is 30.8 Å². The van der Waals surface area contributed by atoms with Crippen molar-refractivity contribution in [3.05, 3.63) is 71.5 Å². The van der Waals surface area contributed by atoms with Crippen LogP contribution in [0.3, 0.4) is 0 Å². The van der Waals surface area contributed by atoms with Crippen molar-refractivity contribution in [3.8, 4) is 34.0 Å². The van der Waals surface area contributed by atoms with Gasteiger partial charge in [-0.15, -0.1) is 5.10 Å². The van der Waals surface area contributed by atoms with E-state index in [1.807, 2.05) is 52.0 Å². The summed E-state index contributed by atoms with van der Waals surface area (Å²) >= 11 is 0. The van der Waals surface area contributed by atoms with E-state index >= 15 is 0 Å². The molecule has 0 unspecified atom stereocenters. The summed E-state index contributed by atoms with van der Waals surface area (Å²) in [5.41, 5.74) is 5.88. The maximum atomic E-state index is 6.12. The van der Waals surface area contributed by atoms with Gasteiger partial charge >= 0.3 is 0 Å².